The van der Waals surface area contributed by atoms with Crippen LogP contribution >= 0.6 is 11.3 Å². The normalized spacial score (nSPS) is 10.3. The number of hydrogen-bond donors (Lipinski definition) is 1. The Bertz CT molecular complexity index is 508. The summed E-state index contributed by atoms with van der Waals surface area (Å²) >= 11 is 1.55. The molecular weight excluding hydrogens is 244 g/mol. The Morgan fingerprint density at radius 3 is 2.83 bits per heavy atom. The van der Waals surface area contributed by atoms with Gasteiger partial charge in [0.2, 0.25) is 0 Å². The van der Waals surface area contributed by atoms with Crippen molar-refractivity contribution in [3.8, 4) is 0 Å². The quantitative estimate of drug-likeness (QED) is 0.898. The molecule has 0 aliphatic carbocycles. The van der Waals surface area contributed by atoms with Crippen LogP contribution in [0.1, 0.15) is 34.4 Å². The Morgan fingerprint density at radius 1 is 1.33 bits per heavy atom. The van der Waals surface area contributed by atoms with Gasteiger partial charge < -0.3 is 5.32 Å². The summed E-state index contributed by atoms with van der Waals surface area (Å²) in [6.07, 6.45) is 2.00. The highest BCUT2D eigenvalue weighted by Gasteiger charge is 2.09. The second-order valence-electron chi connectivity index (χ2n) is 4.04. The number of rotatable bonds is 5. The maximum absolute atomic E-state index is 11.9. The molecular formula is C14H16N2OS. The number of nitrogens with one attached hydrogen (secondary N) is 1. The minimum absolute atomic E-state index is 0.0996. The van der Waals surface area contributed by atoms with Crippen molar-refractivity contribution in [2.45, 2.75) is 26.3 Å². The molecule has 0 radical (unpaired) electrons. The van der Waals surface area contributed by atoms with Gasteiger partial charge in [0.05, 0.1) is 5.01 Å². The summed E-state index contributed by atoms with van der Waals surface area (Å²) in [4.78, 5) is 16.2. The maximum atomic E-state index is 11.9. The van der Waals surface area contributed by atoms with E-state index in [1.165, 1.54) is 0 Å². The van der Waals surface area contributed by atoms with Gasteiger partial charge in [-0.25, -0.2) is 4.98 Å². The van der Waals surface area contributed by atoms with Crippen LogP contribution in [0.4, 0.5) is 0 Å². The topological polar surface area (TPSA) is 42.0 Å². The number of carbonyl (C=O) groups is 1. The highest BCUT2D eigenvalue weighted by Crippen LogP contribution is 2.11. The van der Waals surface area contributed by atoms with E-state index in [1.54, 1.807) is 11.3 Å². The molecule has 2 aromatic rings. The molecule has 0 saturated heterocycles. The third-order valence-electron chi connectivity index (χ3n) is 2.54. The van der Waals surface area contributed by atoms with Crippen LogP contribution in [-0.2, 0) is 13.0 Å². The van der Waals surface area contributed by atoms with Crippen molar-refractivity contribution >= 4 is 17.2 Å². The number of aryl methyl sites for hydroxylation is 1. The molecule has 0 unspecified atom stereocenters. The lowest BCUT2D eigenvalue weighted by atomic mass is 10.2. The predicted molar refractivity (Wildman–Crippen MR) is 73.7 cm³/mol. The van der Waals surface area contributed by atoms with Gasteiger partial charge in [0.25, 0.3) is 5.91 Å². The Morgan fingerprint density at radius 2 is 2.11 bits per heavy atom. The summed E-state index contributed by atoms with van der Waals surface area (Å²) in [6.45, 7) is 2.65. The van der Waals surface area contributed by atoms with Gasteiger partial charge in [0.15, 0.2) is 0 Å². The van der Waals surface area contributed by atoms with Crippen LogP contribution < -0.4 is 5.32 Å². The number of benzene rings is 1. The lowest BCUT2D eigenvalue weighted by molar-refractivity contribution is 0.0946. The minimum atomic E-state index is -0.0996. The van der Waals surface area contributed by atoms with E-state index >= 15 is 0 Å². The van der Waals surface area contributed by atoms with Gasteiger partial charge in [-0.2, -0.15) is 0 Å². The van der Waals surface area contributed by atoms with E-state index in [9.17, 15) is 4.79 Å². The Labute approximate surface area is 111 Å². The highest BCUT2D eigenvalue weighted by atomic mass is 32.1. The fraction of sp³-hybridized carbons (Fsp3) is 0.286. The first-order valence-electron chi connectivity index (χ1n) is 6.06. The third-order valence-corrected chi connectivity index (χ3v) is 3.45. The molecule has 1 N–H and O–H groups in total. The lowest BCUT2D eigenvalue weighted by Gasteiger charge is -2.02. The lowest BCUT2D eigenvalue weighted by Crippen LogP contribution is -2.23. The van der Waals surface area contributed by atoms with Crippen molar-refractivity contribution in [1.29, 1.82) is 0 Å². The number of carbonyl (C=O) groups excluding carboxylic acids is 1. The maximum Gasteiger partial charge on any atom is 0.271 e. The summed E-state index contributed by atoms with van der Waals surface area (Å²) in [6, 6.07) is 9.86. The molecule has 0 bridgehead atoms. The SMILES string of the molecule is CCCc1nc(C(=O)NCc2ccccc2)cs1. The summed E-state index contributed by atoms with van der Waals surface area (Å²) < 4.78 is 0. The van der Waals surface area contributed by atoms with Gasteiger partial charge in [-0.3, -0.25) is 4.79 Å². The van der Waals surface area contributed by atoms with Crippen molar-refractivity contribution < 1.29 is 4.79 Å². The van der Waals surface area contributed by atoms with Crippen molar-refractivity contribution in [3.63, 3.8) is 0 Å². The van der Waals surface area contributed by atoms with E-state index in [-0.39, 0.29) is 5.91 Å². The second-order valence-corrected chi connectivity index (χ2v) is 4.99. The first-order chi connectivity index (χ1) is 8.79. The van der Waals surface area contributed by atoms with Crippen LogP contribution in [0, 0.1) is 0 Å². The molecule has 18 heavy (non-hydrogen) atoms. The molecule has 94 valence electrons. The fourth-order valence-corrected chi connectivity index (χ4v) is 2.49. The average molecular weight is 260 g/mol. The van der Waals surface area contributed by atoms with Gasteiger partial charge in [-0.15, -0.1) is 11.3 Å². The fourth-order valence-electron chi connectivity index (χ4n) is 1.61. The van der Waals surface area contributed by atoms with Crippen molar-refractivity contribution in [2.24, 2.45) is 0 Å². The van der Waals surface area contributed by atoms with E-state index < -0.39 is 0 Å². The van der Waals surface area contributed by atoms with Gasteiger partial charge >= 0.3 is 0 Å². The van der Waals surface area contributed by atoms with Crippen LogP contribution in [0.15, 0.2) is 35.7 Å². The average Bonchev–Trinajstić information content (AvgIpc) is 2.86. The summed E-state index contributed by atoms with van der Waals surface area (Å²) in [5.74, 6) is -0.0996. The molecule has 0 aliphatic heterocycles. The van der Waals surface area contributed by atoms with E-state index in [2.05, 4.69) is 17.2 Å². The molecule has 1 amide bonds. The molecule has 3 nitrogen and oxygen atoms in total. The van der Waals surface area contributed by atoms with Gasteiger partial charge in [0, 0.05) is 11.9 Å². The molecule has 0 saturated carbocycles. The molecule has 0 spiro atoms. The van der Waals surface area contributed by atoms with Crippen LogP contribution in [-0.4, -0.2) is 10.9 Å². The zero-order chi connectivity index (χ0) is 12.8. The van der Waals surface area contributed by atoms with Crippen LogP contribution in [0.25, 0.3) is 0 Å². The summed E-state index contributed by atoms with van der Waals surface area (Å²) in [5, 5.41) is 5.73. The first-order valence-corrected chi connectivity index (χ1v) is 6.94. The molecule has 1 aromatic carbocycles. The van der Waals surface area contributed by atoms with Gasteiger partial charge in [-0.05, 0) is 18.4 Å². The Hall–Kier alpha value is -1.68. The van der Waals surface area contributed by atoms with E-state index in [0.717, 1.165) is 23.4 Å². The van der Waals surface area contributed by atoms with Crippen molar-refractivity contribution in [1.82, 2.24) is 10.3 Å². The zero-order valence-electron chi connectivity index (χ0n) is 10.3. The molecule has 0 aliphatic rings. The summed E-state index contributed by atoms with van der Waals surface area (Å²) in [5.41, 5.74) is 1.62. The Balaban J connectivity index is 1.91. The summed E-state index contributed by atoms with van der Waals surface area (Å²) in [7, 11) is 0. The minimum Gasteiger partial charge on any atom is -0.347 e. The molecule has 0 atom stereocenters. The van der Waals surface area contributed by atoms with E-state index in [1.807, 2.05) is 35.7 Å². The van der Waals surface area contributed by atoms with Crippen LogP contribution in [0.3, 0.4) is 0 Å². The molecule has 1 aromatic heterocycles. The predicted octanol–water partition coefficient (Wildman–Crippen LogP) is 3.03. The van der Waals surface area contributed by atoms with E-state index in [0.29, 0.717) is 12.2 Å². The number of hydrogen-bond acceptors (Lipinski definition) is 3. The highest BCUT2D eigenvalue weighted by molar-refractivity contribution is 7.09. The smallest absolute Gasteiger partial charge is 0.271 e. The van der Waals surface area contributed by atoms with Gasteiger partial charge in [-0.1, -0.05) is 37.3 Å². The zero-order valence-corrected chi connectivity index (χ0v) is 11.2. The van der Waals surface area contributed by atoms with Crippen LogP contribution in [0.5, 0.6) is 0 Å². The number of thiazole rings is 1. The largest absolute Gasteiger partial charge is 0.347 e. The second kappa shape index (κ2) is 6.31. The van der Waals surface area contributed by atoms with Gasteiger partial charge in [0.1, 0.15) is 5.69 Å². The number of aromatic nitrogens is 1. The standard InChI is InChI=1S/C14H16N2OS/c1-2-6-13-16-12(10-18-13)14(17)15-9-11-7-4-3-5-8-11/h3-5,7-8,10H,2,6,9H2,1H3,(H,15,17). The monoisotopic (exact) mass is 260 g/mol. The third kappa shape index (κ3) is 3.40. The number of amides is 1. The van der Waals surface area contributed by atoms with Crippen molar-refractivity contribution in [3.05, 3.63) is 52.0 Å². The van der Waals surface area contributed by atoms with Crippen LogP contribution in [0.2, 0.25) is 0 Å². The first kappa shape index (κ1) is 12.8. The molecule has 2 rings (SSSR count). The molecule has 1 heterocycles. The molecule has 0 fully saturated rings. The molecule has 4 heteroatoms. The number of nitrogens with zero attached hydrogens (tertiary/aromatic N) is 1. The Kier molecular flexibility index (Phi) is 4.47. The van der Waals surface area contributed by atoms with E-state index in [4.69, 9.17) is 0 Å². The van der Waals surface area contributed by atoms with Crippen molar-refractivity contribution in [2.75, 3.05) is 0 Å².